The second-order valence-corrected chi connectivity index (χ2v) is 8.63. The van der Waals surface area contributed by atoms with Crippen LogP contribution in [-0.2, 0) is 17.1 Å². The molecule has 0 bridgehead atoms. The number of para-hydroxylation sites is 1. The third kappa shape index (κ3) is 3.41. The summed E-state index contributed by atoms with van der Waals surface area (Å²) in [6.07, 6.45) is 1.54. The molecule has 0 atom stereocenters. The molecular weight excluding hydrogens is 379 g/mol. The minimum atomic E-state index is -3.71. The number of halogens is 1. The zero-order valence-corrected chi connectivity index (χ0v) is 16.3. The van der Waals surface area contributed by atoms with E-state index in [2.05, 4.69) is 5.10 Å². The summed E-state index contributed by atoms with van der Waals surface area (Å²) in [6.45, 7) is 1.45. The SMILES string of the molecule is Cn1cc(S(=O)(=O)N2CCN(c3ccccc3F)CC2)c(-c2ccccc2)n1. The summed E-state index contributed by atoms with van der Waals surface area (Å²) in [6, 6.07) is 15.8. The number of hydrogen-bond acceptors (Lipinski definition) is 4. The maximum atomic E-state index is 14.0. The monoisotopic (exact) mass is 400 g/mol. The summed E-state index contributed by atoms with van der Waals surface area (Å²) >= 11 is 0. The molecule has 0 aliphatic carbocycles. The van der Waals surface area contributed by atoms with Gasteiger partial charge in [0.2, 0.25) is 10.0 Å². The lowest BCUT2D eigenvalue weighted by molar-refractivity contribution is 0.383. The van der Waals surface area contributed by atoms with Gasteiger partial charge in [0.05, 0.1) is 5.69 Å². The summed E-state index contributed by atoms with van der Waals surface area (Å²) in [5.74, 6) is -0.294. The fourth-order valence-corrected chi connectivity index (χ4v) is 5.08. The van der Waals surface area contributed by atoms with Crippen LogP contribution in [0.25, 0.3) is 11.3 Å². The Bertz CT molecular complexity index is 1070. The molecule has 28 heavy (non-hydrogen) atoms. The summed E-state index contributed by atoms with van der Waals surface area (Å²) < 4.78 is 43.6. The zero-order chi connectivity index (χ0) is 19.7. The number of nitrogens with zero attached hydrogens (tertiary/aromatic N) is 4. The molecule has 1 saturated heterocycles. The van der Waals surface area contributed by atoms with Gasteiger partial charge in [0, 0.05) is 45.0 Å². The standard InChI is InChI=1S/C20H21FN4O2S/c1-23-15-19(20(22-23)16-7-3-2-4-8-16)28(26,27)25-13-11-24(12-14-25)18-10-6-5-9-17(18)21/h2-10,15H,11-14H2,1H3. The van der Waals surface area contributed by atoms with Crippen molar-refractivity contribution in [3.05, 3.63) is 66.6 Å². The average Bonchev–Trinajstić information content (AvgIpc) is 3.12. The van der Waals surface area contributed by atoms with E-state index in [1.165, 1.54) is 15.1 Å². The van der Waals surface area contributed by atoms with Crippen LogP contribution in [0.1, 0.15) is 0 Å². The number of aryl methyl sites for hydroxylation is 1. The largest absolute Gasteiger partial charge is 0.367 e. The van der Waals surface area contributed by atoms with Gasteiger partial charge in [-0.1, -0.05) is 42.5 Å². The fourth-order valence-electron chi connectivity index (χ4n) is 3.47. The normalized spacial score (nSPS) is 15.7. The van der Waals surface area contributed by atoms with E-state index >= 15 is 0 Å². The van der Waals surface area contributed by atoms with Crippen molar-refractivity contribution in [3.8, 4) is 11.3 Å². The van der Waals surface area contributed by atoms with Gasteiger partial charge in [-0.3, -0.25) is 4.68 Å². The van der Waals surface area contributed by atoms with E-state index in [1.807, 2.05) is 35.2 Å². The maximum Gasteiger partial charge on any atom is 0.246 e. The van der Waals surface area contributed by atoms with Gasteiger partial charge in [0.1, 0.15) is 16.4 Å². The average molecular weight is 400 g/mol. The molecule has 6 nitrogen and oxygen atoms in total. The minimum Gasteiger partial charge on any atom is -0.367 e. The number of rotatable bonds is 4. The molecule has 0 radical (unpaired) electrons. The highest BCUT2D eigenvalue weighted by Gasteiger charge is 2.32. The van der Waals surface area contributed by atoms with Crippen LogP contribution >= 0.6 is 0 Å². The summed E-state index contributed by atoms with van der Waals surface area (Å²) in [5.41, 5.74) is 1.71. The van der Waals surface area contributed by atoms with Crippen LogP contribution in [-0.4, -0.2) is 48.7 Å². The second kappa shape index (κ2) is 7.37. The minimum absolute atomic E-state index is 0.195. The van der Waals surface area contributed by atoms with Gasteiger partial charge in [0.25, 0.3) is 0 Å². The Labute approximate surface area is 163 Å². The van der Waals surface area contributed by atoms with Crippen molar-refractivity contribution in [2.24, 2.45) is 7.05 Å². The van der Waals surface area contributed by atoms with Crippen LogP contribution in [0.4, 0.5) is 10.1 Å². The van der Waals surface area contributed by atoms with Gasteiger partial charge in [-0.05, 0) is 12.1 Å². The van der Waals surface area contributed by atoms with E-state index < -0.39 is 10.0 Å². The molecule has 1 aliphatic rings. The van der Waals surface area contributed by atoms with Gasteiger partial charge < -0.3 is 4.90 Å². The summed E-state index contributed by atoms with van der Waals surface area (Å²) in [7, 11) is -2.00. The van der Waals surface area contributed by atoms with Crippen LogP contribution in [0.3, 0.4) is 0 Å². The van der Waals surface area contributed by atoms with Crippen LogP contribution in [0.5, 0.6) is 0 Å². The lowest BCUT2D eigenvalue weighted by atomic mass is 10.2. The van der Waals surface area contributed by atoms with Crippen molar-refractivity contribution >= 4 is 15.7 Å². The number of hydrogen-bond donors (Lipinski definition) is 0. The fraction of sp³-hybridized carbons (Fsp3) is 0.250. The summed E-state index contributed by atoms with van der Waals surface area (Å²) in [5, 5.41) is 4.37. The van der Waals surface area contributed by atoms with Crippen molar-refractivity contribution in [2.45, 2.75) is 4.90 Å². The van der Waals surface area contributed by atoms with Gasteiger partial charge in [-0.2, -0.15) is 9.40 Å². The third-order valence-corrected chi connectivity index (χ3v) is 6.79. The third-order valence-electron chi connectivity index (χ3n) is 4.89. The topological polar surface area (TPSA) is 58.4 Å². The van der Waals surface area contributed by atoms with Crippen molar-refractivity contribution in [3.63, 3.8) is 0 Å². The lowest BCUT2D eigenvalue weighted by Gasteiger charge is -2.35. The molecule has 2 heterocycles. The number of sulfonamides is 1. The van der Waals surface area contributed by atoms with Crippen molar-refractivity contribution in [1.29, 1.82) is 0 Å². The van der Waals surface area contributed by atoms with Crippen molar-refractivity contribution < 1.29 is 12.8 Å². The molecule has 3 aromatic rings. The molecule has 0 saturated carbocycles. The summed E-state index contributed by atoms with van der Waals surface area (Å²) in [4.78, 5) is 2.07. The van der Waals surface area contributed by atoms with Gasteiger partial charge in [0.15, 0.2) is 0 Å². The molecule has 1 aromatic heterocycles. The molecule has 8 heteroatoms. The molecule has 146 valence electrons. The van der Waals surface area contributed by atoms with E-state index in [0.29, 0.717) is 37.6 Å². The lowest BCUT2D eigenvalue weighted by Crippen LogP contribution is -2.48. The molecule has 0 amide bonds. The van der Waals surface area contributed by atoms with Crippen molar-refractivity contribution in [1.82, 2.24) is 14.1 Å². The molecular formula is C20H21FN4O2S. The van der Waals surface area contributed by atoms with Gasteiger partial charge in [-0.15, -0.1) is 0 Å². The molecule has 1 aliphatic heterocycles. The highest BCUT2D eigenvalue weighted by molar-refractivity contribution is 7.89. The molecule has 2 aromatic carbocycles. The Morgan fingerprint density at radius 1 is 0.929 bits per heavy atom. The maximum absolute atomic E-state index is 14.0. The quantitative estimate of drug-likeness (QED) is 0.676. The first-order valence-electron chi connectivity index (χ1n) is 9.05. The Balaban J connectivity index is 1.59. The molecule has 4 rings (SSSR count). The van der Waals surface area contributed by atoms with Crippen molar-refractivity contribution in [2.75, 3.05) is 31.1 Å². The van der Waals surface area contributed by atoms with E-state index in [-0.39, 0.29) is 10.7 Å². The highest BCUT2D eigenvalue weighted by atomic mass is 32.2. The number of aromatic nitrogens is 2. The van der Waals surface area contributed by atoms with E-state index in [1.54, 1.807) is 31.4 Å². The first-order chi connectivity index (χ1) is 13.5. The zero-order valence-electron chi connectivity index (χ0n) is 15.5. The van der Waals surface area contributed by atoms with Gasteiger partial charge in [-0.25, -0.2) is 12.8 Å². The number of anilines is 1. The molecule has 1 fully saturated rings. The van der Waals surface area contributed by atoms with E-state index in [0.717, 1.165) is 5.56 Å². The highest BCUT2D eigenvalue weighted by Crippen LogP contribution is 2.29. The Morgan fingerprint density at radius 2 is 1.57 bits per heavy atom. The number of piperazine rings is 1. The molecule has 0 spiro atoms. The second-order valence-electron chi connectivity index (χ2n) is 6.72. The van der Waals surface area contributed by atoms with Crippen LogP contribution in [0.15, 0.2) is 65.7 Å². The first kappa shape index (κ1) is 18.6. The smallest absolute Gasteiger partial charge is 0.246 e. The predicted molar refractivity (Wildman–Crippen MR) is 106 cm³/mol. The van der Waals surface area contributed by atoms with Gasteiger partial charge >= 0.3 is 0 Å². The Kier molecular flexibility index (Phi) is 4.91. The van der Waals surface area contributed by atoms with E-state index in [9.17, 15) is 12.8 Å². The predicted octanol–water partition coefficient (Wildman–Crippen LogP) is 2.74. The van der Waals surface area contributed by atoms with Crippen LogP contribution in [0, 0.1) is 5.82 Å². The first-order valence-corrected chi connectivity index (χ1v) is 10.5. The Morgan fingerprint density at radius 3 is 2.25 bits per heavy atom. The molecule has 0 N–H and O–H groups in total. The molecule has 0 unspecified atom stereocenters. The van der Waals surface area contributed by atoms with E-state index in [4.69, 9.17) is 0 Å². The number of benzene rings is 2. The Hall–Kier alpha value is -2.71. The van der Waals surface area contributed by atoms with Crippen LogP contribution < -0.4 is 4.90 Å². The van der Waals surface area contributed by atoms with Crippen LogP contribution in [0.2, 0.25) is 0 Å².